The third-order valence-corrected chi connectivity index (χ3v) is 5.15. The lowest BCUT2D eigenvalue weighted by Crippen LogP contribution is -2.40. The summed E-state index contributed by atoms with van der Waals surface area (Å²) in [4.78, 5) is 10.5. The van der Waals surface area contributed by atoms with Crippen molar-refractivity contribution in [3.05, 3.63) is 29.0 Å². The summed E-state index contributed by atoms with van der Waals surface area (Å²) in [6.07, 6.45) is 0.662. The zero-order chi connectivity index (χ0) is 14.2. The van der Waals surface area contributed by atoms with E-state index >= 15 is 0 Å². The van der Waals surface area contributed by atoms with Crippen LogP contribution in [0.1, 0.15) is 12.8 Å². The molecule has 1 atom stereocenters. The molecule has 0 amide bonds. The molecule has 1 aliphatic rings. The van der Waals surface area contributed by atoms with Gasteiger partial charge in [-0.2, -0.15) is 4.31 Å². The van der Waals surface area contributed by atoms with Gasteiger partial charge in [0.15, 0.2) is 0 Å². The molecule has 0 aliphatic carbocycles. The van der Waals surface area contributed by atoms with E-state index in [1.54, 1.807) is 0 Å². The van der Waals surface area contributed by atoms with E-state index in [0.29, 0.717) is 6.42 Å². The Morgan fingerprint density at radius 1 is 1.47 bits per heavy atom. The molecule has 1 aliphatic heterocycles. The van der Waals surface area contributed by atoms with Crippen molar-refractivity contribution < 1.29 is 22.7 Å². The van der Waals surface area contributed by atoms with Gasteiger partial charge in [0, 0.05) is 11.6 Å². The van der Waals surface area contributed by atoms with Crippen LogP contribution in [0.15, 0.2) is 23.1 Å². The highest BCUT2D eigenvalue weighted by molar-refractivity contribution is 7.89. The summed E-state index contributed by atoms with van der Waals surface area (Å²) in [7, 11) is -4.16. The Kier molecular flexibility index (Phi) is 3.80. The fourth-order valence-corrected chi connectivity index (χ4v) is 3.94. The SMILES string of the molecule is O=C(O)C1CCCN1S(=O)(=O)c1ccc(Cl)cc1F. The van der Waals surface area contributed by atoms with E-state index < -0.39 is 32.7 Å². The van der Waals surface area contributed by atoms with Crippen LogP contribution in [0.2, 0.25) is 5.02 Å². The second-order valence-electron chi connectivity index (χ2n) is 4.19. The zero-order valence-corrected chi connectivity index (χ0v) is 11.3. The maximum absolute atomic E-state index is 13.7. The van der Waals surface area contributed by atoms with Crippen molar-refractivity contribution in [2.75, 3.05) is 6.54 Å². The van der Waals surface area contributed by atoms with E-state index in [9.17, 15) is 17.6 Å². The molecule has 0 spiro atoms. The topological polar surface area (TPSA) is 74.7 Å². The third kappa shape index (κ3) is 2.58. The number of benzene rings is 1. The maximum Gasteiger partial charge on any atom is 0.322 e. The first kappa shape index (κ1) is 14.2. The molecule has 8 heteroatoms. The minimum absolute atomic E-state index is 0.0708. The molecule has 1 aromatic rings. The Bertz CT molecular complexity index is 619. The molecule has 0 radical (unpaired) electrons. The van der Waals surface area contributed by atoms with Crippen LogP contribution in [0.25, 0.3) is 0 Å². The van der Waals surface area contributed by atoms with Gasteiger partial charge in [-0.15, -0.1) is 0 Å². The molecule has 0 saturated carbocycles. The number of sulfonamides is 1. The van der Waals surface area contributed by atoms with E-state index in [1.807, 2.05) is 0 Å². The fraction of sp³-hybridized carbons (Fsp3) is 0.364. The molecular formula is C11H11ClFNO4S. The van der Waals surface area contributed by atoms with Crippen molar-refractivity contribution in [3.8, 4) is 0 Å². The monoisotopic (exact) mass is 307 g/mol. The van der Waals surface area contributed by atoms with Crippen molar-refractivity contribution in [3.63, 3.8) is 0 Å². The summed E-state index contributed by atoms with van der Waals surface area (Å²) in [5.41, 5.74) is 0. The Morgan fingerprint density at radius 2 is 2.16 bits per heavy atom. The highest BCUT2D eigenvalue weighted by atomic mass is 35.5. The Labute approximate surface area is 114 Å². The van der Waals surface area contributed by atoms with Crippen molar-refractivity contribution >= 4 is 27.6 Å². The number of rotatable bonds is 3. The molecule has 1 N–H and O–H groups in total. The molecule has 2 rings (SSSR count). The van der Waals surface area contributed by atoms with Crippen molar-refractivity contribution in [2.45, 2.75) is 23.8 Å². The van der Waals surface area contributed by atoms with Crippen LogP contribution in [-0.4, -0.2) is 36.4 Å². The number of carboxylic acid groups (broad SMARTS) is 1. The highest BCUT2D eigenvalue weighted by Crippen LogP contribution is 2.28. The number of aliphatic carboxylic acids is 1. The van der Waals surface area contributed by atoms with Crippen LogP contribution >= 0.6 is 11.6 Å². The summed E-state index contributed by atoms with van der Waals surface area (Å²) in [6.45, 7) is 0.0708. The van der Waals surface area contributed by atoms with Gasteiger partial charge in [-0.1, -0.05) is 11.6 Å². The molecule has 104 valence electrons. The van der Waals surface area contributed by atoms with E-state index in [4.69, 9.17) is 16.7 Å². The van der Waals surface area contributed by atoms with E-state index in [-0.39, 0.29) is 18.0 Å². The van der Waals surface area contributed by atoms with Gasteiger partial charge in [0.2, 0.25) is 10.0 Å². The van der Waals surface area contributed by atoms with Crippen LogP contribution < -0.4 is 0 Å². The first-order valence-corrected chi connectivity index (χ1v) is 7.35. The van der Waals surface area contributed by atoms with Gasteiger partial charge >= 0.3 is 5.97 Å². The van der Waals surface area contributed by atoms with Gasteiger partial charge in [0.05, 0.1) is 0 Å². The Balaban J connectivity index is 2.45. The molecule has 1 fully saturated rings. The molecule has 5 nitrogen and oxygen atoms in total. The highest BCUT2D eigenvalue weighted by Gasteiger charge is 2.40. The maximum atomic E-state index is 13.7. The van der Waals surface area contributed by atoms with E-state index in [1.165, 1.54) is 6.07 Å². The van der Waals surface area contributed by atoms with Gasteiger partial charge in [-0.3, -0.25) is 4.79 Å². The Hall–Kier alpha value is -1.18. The van der Waals surface area contributed by atoms with Crippen LogP contribution in [0, 0.1) is 5.82 Å². The summed E-state index contributed by atoms with van der Waals surface area (Å²) in [6, 6.07) is 2.05. The lowest BCUT2D eigenvalue weighted by molar-refractivity contribution is -0.140. The van der Waals surface area contributed by atoms with Crippen molar-refractivity contribution in [1.29, 1.82) is 0 Å². The van der Waals surface area contributed by atoms with Crippen LogP contribution in [-0.2, 0) is 14.8 Å². The fourth-order valence-electron chi connectivity index (χ4n) is 2.09. The molecule has 0 aromatic heterocycles. The smallest absolute Gasteiger partial charge is 0.322 e. The molecule has 1 unspecified atom stereocenters. The normalized spacial score (nSPS) is 20.6. The number of carboxylic acids is 1. The average Bonchev–Trinajstić information content (AvgIpc) is 2.77. The van der Waals surface area contributed by atoms with Crippen molar-refractivity contribution in [2.24, 2.45) is 0 Å². The number of halogens is 2. The molecule has 1 heterocycles. The standard InChI is InChI=1S/C11H11ClFNO4S/c12-7-3-4-10(8(13)6-7)19(17,18)14-5-1-2-9(14)11(15)16/h3-4,6,9H,1-2,5H2,(H,15,16). The quantitative estimate of drug-likeness (QED) is 0.922. The number of hydrogen-bond donors (Lipinski definition) is 1. The number of nitrogens with zero attached hydrogens (tertiary/aromatic N) is 1. The summed E-state index contributed by atoms with van der Waals surface area (Å²) < 4.78 is 39.0. The Morgan fingerprint density at radius 3 is 2.74 bits per heavy atom. The zero-order valence-electron chi connectivity index (χ0n) is 9.71. The number of hydrogen-bond acceptors (Lipinski definition) is 3. The van der Waals surface area contributed by atoms with Gasteiger partial charge in [-0.05, 0) is 31.0 Å². The van der Waals surface area contributed by atoms with Gasteiger partial charge in [0.25, 0.3) is 0 Å². The van der Waals surface area contributed by atoms with Crippen LogP contribution in [0.4, 0.5) is 4.39 Å². The molecular weight excluding hydrogens is 297 g/mol. The molecule has 1 aromatic carbocycles. The lowest BCUT2D eigenvalue weighted by Gasteiger charge is -2.21. The number of carbonyl (C=O) groups is 1. The molecule has 19 heavy (non-hydrogen) atoms. The predicted octanol–water partition coefficient (Wildman–Crippen LogP) is 1.72. The second-order valence-corrected chi connectivity index (χ2v) is 6.48. The van der Waals surface area contributed by atoms with E-state index in [0.717, 1.165) is 16.4 Å². The molecule has 1 saturated heterocycles. The van der Waals surface area contributed by atoms with Gasteiger partial charge in [0.1, 0.15) is 16.8 Å². The van der Waals surface area contributed by atoms with Crippen LogP contribution in [0.3, 0.4) is 0 Å². The summed E-state index contributed by atoms with van der Waals surface area (Å²) in [5.74, 6) is -2.21. The lowest BCUT2D eigenvalue weighted by atomic mass is 10.2. The van der Waals surface area contributed by atoms with Gasteiger partial charge < -0.3 is 5.11 Å². The predicted molar refractivity (Wildman–Crippen MR) is 66.0 cm³/mol. The molecule has 0 bridgehead atoms. The second kappa shape index (κ2) is 5.07. The minimum Gasteiger partial charge on any atom is -0.480 e. The first-order chi connectivity index (χ1) is 8.84. The van der Waals surface area contributed by atoms with E-state index in [2.05, 4.69) is 0 Å². The minimum atomic E-state index is -4.16. The third-order valence-electron chi connectivity index (χ3n) is 2.97. The van der Waals surface area contributed by atoms with Crippen LogP contribution in [0.5, 0.6) is 0 Å². The van der Waals surface area contributed by atoms with Gasteiger partial charge in [-0.25, -0.2) is 12.8 Å². The summed E-state index contributed by atoms with van der Waals surface area (Å²) in [5, 5.41) is 9.06. The average molecular weight is 308 g/mol. The van der Waals surface area contributed by atoms with Crippen molar-refractivity contribution in [1.82, 2.24) is 4.31 Å². The summed E-state index contributed by atoms with van der Waals surface area (Å²) >= 11 is 5.56. The largest absolute Gasteiger partial charge is 0.480 e. The first-order valence-electron chi connectivity index (χ1n) is 5.54.